The molecule has 1 aliphatic heterocycles. The first kappa shape index (κ1) is 15.8. The summed E-state index contributed by atoms with van der Waals surface area (Å²) in [5, 5.41) is 6.81. The number of carbonyl (C=O) groups is 1. The molecule has 0 aromatic carbocycles. The quantitative estimate of drug-likeness (QED) is 0.781. The van der Waals surface area contributed by atoms with Gasteiger partial charge in [-0.1, -0.05) is 26.2 Å². The van der Waals surface area contributed by atoms with E-state index in [0.717, 1.165) is 19.6 Å². The van der Waals surface area contributed by atoms with Crippen LogP contribution in [0.3, 0.4) is 0 Å². The zero-order valence-corrected chi connectivity index (χ0v) is 13.0. The minimum absolute atomic E-state index is 0.230. The lowest BCUT2D eigenvalue weighted by Crippen LogP contribution is -2.50. The van der Waals surface area contributed by atoms with E-state index in [1.54, 1.807) is 0 Å². The maximum absolute atomic E-state index is 12.1. The van der Waals surface area contributed by atoms with Crippen LogP contribution >= 0.6 is 0 Å². The second-order valence-corrected chi connectivity index (χ2v) is 6.43. The average Bonchev–Trinajstić information content (AvgIpc) is 2.46. The molecule has 4 heteroatoms. The number of likely N-dealkylation sites (tertiary alicyclic amines) is 1. The number of hydrogen-bond acceptors (Lipinski definition) is 3. The first-order valence-corrected chi connectivity index (χ1v) is 8.53. The van der Waals surface area contributed by atoms with Crippen LogP contribution in [0.2, 0.25) is 0 Å². The summed E-state index contributed by atoms with van der Waals surface area (Å²) >= 11 is 0. The highest BCUT2D eigenvalue weighted by molar-refractivity contribution is 5.78. The fraction of sp³-hybridized carbons (Fsp3) is 0.938. The minimum atomic E-state index is 0.230. The van der Waals surface area contributed by atoms with Gasteiger partial charge >= 0.3 is 0 Å². The van der Waals surface area contributed by atoms with Gasteiger partial charge in [0.15, 0.2) is 0 Å². The molecule has 0 spiro atoms. The van der Waals surface area contributed by atoms with Crippen molar-refractivity contribution in [2.75, 3.05) is 26.2 Å². The lowest BCUT2D eigenvalue weighted by molar-refractivity contribution is -0.123. The molecule has 0 aromatic rings. The van der Waals surface area contributed by atoms with Gasteiger partial charge in [-0.2, -0.15) is 0 Å². The summed E-state index contributed by atoms with van der Waals surface area (Å²) in [6, 6.07) is 1.02. The van der Waals surface area contributed by atoms with Crippen LogP contribution in [0.4, 0.5) is 0 Å². The van der Waals surface area contributed by atoms with Crippen LogP contribution in [0.5, 0.6) is 0 Å². The molecule has 1 unspecified atom stereocenters. The molecule has 0 bridgehead atoms. The van der Waals surface area contributed by atoms with Crippen LogP contribution in [-0.4, -0.2) is 49.1 Å². The van der Waals surface area contributed by atoms with Crippen LogP contribution < -0.4 is 10.6 Å². The second-order valence-electron chi connectivity index (χ2n) is 6.43. The van der Waals surface area contributed by atoms with E-state index in [1.807, 2.05) is 0 Å². The Morgan fingerprint density at radius 1 is 1.10 bits per heavy atom. The van der Waals surface area contributed by atoms with E-state index in [4.69, 9.17) is 0 Å². The topological polar surface area (TPSA) is 44.4 Å². The van der Waals surface area contributed by atoms with Crippen LogP contribution in [0.25, 0.3) is 0 Å². The van der Waals surface area contributed by atoms with E-state index in [2.05, 4.69) is 22.5 Å². The van der Waals surface area contributed by atoms with Crippen LogP contribution in [-0.2, 0) is 4.79 Å². The van der Waals surface area contributed by atoms with Gasteiger partial charge in [0.2, 0.25) is 5.91 Å². The zero-order valence-electron chi connectivity index (χ0n) is 13.0. The van der Waals surface area contributed by atoms with Crippen LogP contribution in [0.15, 0.2) is 0 Å². The molecule has 116 valence electrons. The van der Waals surface area contributed by atoms with Gasteiger partial charge in [-0.25, -0.2) is 0 Å². The van der Waals surface area contributed by atoms with Crippen molar-refractivity contribution < 1.29 is 4.79 Å². The van der Waals surface area contributed by atoms with E-state index < -0.39 is 0 Å². The summed E-state index contributed by atoms with van der Waals surface area (Å²) in [6.45, 7) is 5.97. The van der Waals surface area contributed by atoms with E-state index in [0.29, 0.717) is 18.6 Å². The Hall–Kier alpha value is -0.610. The normalized spacial score (nSPS) is 25.6. The monoisotopic (exact) mass is 281 g/mol. The standard InChI is InChI=1S/C16H31N3O/c1-2-10-17-15-9-6-11-19(12-15)13-16(20)18-14-7-4-3-5-8-14/h14-15,17H,2-13H2,1H3,(H,18,20). The predicted octanol–water partition coefficient (Wildman–Crippen LogP) is 1.90. The number of piperidine rings is 1. The first-order chi connectivity index (χ1) is 9.78. The van der Waals surface area contributed by atoms with E-state index in [9.17, 15) is 4.79 Å². The van der Waals surface area contributed by atoms with Crippen LogP contribution in [0.1, 0.15) is 58.3 Å². The van der Waals surface area contributed by atoms with Gasteiger partial charge in [0.05, 0.1) is 6.54 Å². The van der Waals surface area contributed by atoms with Crippen molar-refractivity contribution in [2.24, 2.45) is 0 Å². The largest absolute Gasteiger partial charge is 0.352 e. The number of amides is 1. The molecule has 1 aliphatic carbocycles. The van der Waals surface area contributed by atoms with Gasteiger partial charge in [0.1, 0.15) is 0 Å². The maximum atomic E-state index is 12.1. The molecule has 2 rings (SSSR count). The Morgan fingerprint density at radius 2 is 1.85 bits per heavy atom. The fourth-order valence-corrected chi connectivity index (χ4v) is 3.44. The maximum Gasteiger partial charge on any atom is 0.234 e. The Bertz CT molecular complexity index is 289. The molecular weight excluding hydrogens is 250 g/mol. The molecule has 20 heavy (non-hydrogen) atoms. The summed E-state index contributed by atoms with van der Waals surface area (Å²) in [4.78, 5) is 14.4. The lowest BCUT2D eigenvalue weighted by atomic mass is 9.95. The Balaban J connectivity index is 1.67. The average molecular weight is 281 g/mol. The first-order valence-electron chi connectivity index (χ1n) is 8.53. The van der Waals surface area contributed by atoms with Crippen molar-refractivity contribution in [3.05, 3.63) is 0 Å². The highest BCUT2D eigenvalue weighted by Crippen LogP contribution is 2.17. The van der Waals surface area contributed by atoms with Crippen molar-refractivity contribution in [3.63, 3.8) is 0 Å². The molecule has 2 fully saturated rings. The molecule has 1 heterocycles. The summed E-state index contributed by atoms with van der Waals surface area (Å²) in [7, 11) is 0. The molecule has 1 atom stereocenters. The van der Waals surface area contributed by atoms with Crippen molar-refractivity contribution in [1.29, 1.82) is 0 Å². The van der Waals surface area contributed by atoms with Gasteiger partial charge in [-0.15, -0.1) is 0 Å². The molecular formula is C16H31N3O. The minimum Gasteiger partial charge on any atom is -0.352 e. The SMILES string of the molecule is CCCNC1CCCN(CC(=O)NC2CCCCC2)C1. The van der Waals surface area contributed by atoms with E-state index in [1.165, 1.54) is 51.4 Å². The zero-order chi connectivity index (χ0) is 14.2. The van der Waals surface area contributed by atoms with Crippen LogP contribution in [0, 0.1) is 0 Å². The summed E-state index contributed by atoms with van der Waals surface area (Å²) < 4.78 is 0. The highest BCUT2D eigenvalue weighted by Gasteiger charge is 2.22. The third kappa shape index (κ3) is 5.41. The third-order valence-electron chi connectivity index (χ3n) is 4.53. The number of nitrogens with one attached hydrogen (secondary N) is 2. The molecule has 2 aliphatic rings. The molecule has 1 amide bonds. The van der Waals surface area contributed by atoms with Gasteiger partial charge in [0.25, 0.3) is 0 Å². The summed E-state index contributed by atoms with van der Waals surface area (Å²) in [6.07, 6.45) is 9.87. The van der Waals surface area contributed by atoms with Crippen molar-refractivity contribution in [2.45, 2.75) is 70.4 Å². The van der Waals surface area contributed by atoms with Crippen molar-refractivity contribution in [3.8, 4) is 0 Å². The predicted molar refractivity (Wildman–Crippen MR) is 82.8 cm³/mol. The molecule has 1 saturated heterocycles. The van der Waals surface area contributed by atoms with E-state index >= 15 is 0 Å². The number of carbonyl (C=O) groups excluding carboxylic acids is 1. The number of nitrogens with zero attached hydrogens (tertiary/aromatic N) is 1. The van der Waals surface area contributed by atoms with Gasteiger partial charge < -0.3 is 10.6 Å². The third-order valence-corrected chi connectivity index (χ3v) is 4.53. The Labute approximate surface area is 123 Å². The molecule has 1 saturated carbocycles. The lowest BCUT2D eigenvalue weighted by Gasteiger charge is -2.33. The molecule has 0 radical (unpaired) electrons. The smallest absolute Gasteiger partial charge is 0.234 e. The van der Waals surface area contributed by atoms with Gasteiger partial charge in [0, 0.05) is 18.6 Å². The summed E-state index contributed by atoms with van der Waals surface area (Å²) in [5.74, 6) is 0.230. The Kier molecular flexibility index (Phi) is 6.80. The van der Waals surface area contributed by atoms with Gasteiger partial charge in [-0.3, -0.25) is 9.69 Å². The summed E-state index contributed by atoms with van der Waals surface area (Å²) in [5.41, 5.74) is 0. The number of rotatable bonds is 6. The van der Waals surface area contributed by atoms with Crippen molar-refractivity contribution in [1.82, 2.24) is 15.5 Å². The second kappa shape index (κ2) is 8.63. The van der Waals surface area contributed by atoms with Gasteiger partial charge in [-0.05, 0) is 45.2 Å². The fourth-order valence-electron chi connectivity index (χ4n) is 3.44. The van der Waals surface area contributed by atoms with E-state index in [-0.39, 0.29) is 5.91 Å². The molecule has 4 nitrogen and oxygen atoms in total. The molecule has 0 aromatic heterocycles. The number of hydrogen-bond donors (Lipinski definition) is 2. The Morgan fingerprint density at radius 3 is 2.60 bits per heavy atom. The molecule has 2 N–H and O–H groups in total. The van der Waals surface area contributed by atoms with Crippen molar-refractivity contribution >= 4 is 5.91 Å². The highest BCUT2D eigenvalue weighted by atomic mass is 16.2.